The third-order valence-corrected chi connectivity index (χ3v) is 4.01. The number of benzene rings is 1. The Kier molecular flexibility index (Phi) is 5.09. The predicted octanol–water partition coefficient (Wildman–Crippen LogP) is 0.922. The van der Waals surface area contributed by atoms with E-state index in [1.807, 2.05) is 4.72 Å². The van der Waals surface area contributed by atoms with Crippen LogP contribution in [0, 0.1) is 21.7 Å². The van der Waals surface area contributed by atoms with E-state index in [1.54, 1.807) is 0 Å². The van der Waals surface area contributed by atoms with E-state index in [9.17, 15) is 27.3 Å². The summed E-state index contributed by atoms with van der Waals surface area (Å²) in [6.07, 6.45) is 0.0735. The van der Waals surface area contributed by atoms with Crippen molar-refractivity contribution in [3.05, 3.63) is 33.9 Å². The van der Waals surface area contributed by atoms with Crippen LogP contribution in [0.3, 0.4) is 0 Å². The van der Waals surface area contributed by atoms with Crippen molar-refractivity contribution in [1.82, 2.24) is 4.72 Å². The molecule has 1 aromatic carbocycles. The fourth-order valence-electron chi connectivity index (χ4n) is 1.45. The third-order valence-electron chi connectivity index (χ3n) is 2.41. The fourth-order valence-corrected chi connectivity index (χ4v) is 2.80. The van der Waals surface area contributed by atoms with E-state index in [-0.39, 0.29) is 19.1 Å². The normalized spacial score (nSPS) is 13.2. The van der Waals surface area contributed by atoms with Crippen LogP contribution in [0.1, 0.15) is 13.3 Å². The number of nitrogens with zero attached hydrogens (tertiary/aromatic N) is 1. The minimum absolute atomic E-state index is 0.0735. The van der Waals surface area contributed by atoms with Gasteiger partial charge in [-0.05, 0) is 13.3 Å². The zero-order valence-electron chi connectivity index (χ0n) is 10.3. The Morgan fingerprint density at radius 1 is 1.40 bits per heavy atom. The summed E-state index contributed by atoms with van der Waals surface area (Å²) in [4.78, 5) is 8.37. The van der Waals surface area contributed by atoms with E-state index in [0.717, 1.165) is 0 Å². The molecule has 1 unspecified atom stereocenters. The molecule has 1 aromatic rings. The second-order valence-corrected chi connectivity index (χ2v) is 5.71. The Morgan fingerprint density at radius 2 is 2.00 bits per heavy atom. The molecule has 0 aromatic heterocycles. The molecule has 112 valence electrons. The summed E-state index contributed by atoms with van der Waals surface area (Å²) < 4.78 is 52.3. The monoisotopic (exact) mass is 310 g/mol. The van der Waals surface area contributed by atoms with Gasteiger partial charge in [0.1, 0.15) is 10.7 Å². The number of sulfonamides is 1. The number of nitrogens with one attached hydrogen (secondary N) is 1. The van der Waals surface area contributed by atoms with Crippen LogP contribution in [0.25, 0.3) is 0 Å². The molecule has 0 fully saturated rings. The largest absolute Gasteiger partial charge is 0.396 e. The molecule has 2 N–H and O–H groups in total. The molecule has 1 rings (SSSR count). The topological polar surface area (TPSA) is 110 Å². The van der Waals surface area contributed by atoms with Crippen LogP contribution in [0.4, 0.5) is 14.5 Å². The van der Waals surface area contributed by atoms with Crippen LogP contribution in [0.2, 0.25) is 0 Å². The number of halogens is 2. The van der Waals surface area contributed by atoms with Gasteiger partial charge in [-0.3, -0.25) is 10.1 Å². The molecule has 0 saturated carbocycles. The lowest BCUT2D eigenvalue weighted by Crippen LogP contribution is -2.33. The number of hydrogen-bond acceptors (Lipinski definition) is 5. The maximum Gasteiger partial charge on any atom is 0.306 e. The zero-order chi connectivity index (χ0) is 15.5. The first-order valence-electron chi connectivity index (χ1n) is 5.45. The van der Waals surface area contributed by atoms with E-state index in [2.05, 4.69) is 0 Å². The predicted molar refractivity (Wildman–Crippen MR) is 64.5 cm³/mol. The highest BCUT2D eigenvalue weighted by molar-refractivity contribution is 7.89. The summed E-state index contributed by atoms with van der Waals surface area (Å²) in [6, 6.07) is -0.254. The second kappa shape index (κ2) is 6.20. The van der Waals surface area contributed by atoms with Crippen molar-refractivity contribution in [2.24, 2.45) is 0 Å². The van der Waals surface area contributed by atoms with Crippen LogP contribution < -0.4 is 4.72 Å². The molecule has 0 radical (unpaired) electrons. The van der Waals surface area contributed by atoms with E-state index in [0.29, 0.717) is 6.07 Å². The standard InChI is InChI=1S/C10H12F2N2O5S/c1-6(2-3-15)13-20(18,19)10-5-9(14(16)17)7(11)4-8(10)12/h4-6,13,15H,2-3H2,1H3. The maximum absolute atomic E-state index is 13.5. The molecule has 0 heterocycles. The van der Waals surface area contributed by atoms with Gasteiger partial charge < -0.3 is 5.11 Å². The summed E-state index contributed by atoms with van der Waals surface area (Å²) in [5, 5.41) is 19.2. The Balaban J connectivity index is 3.24. The van der Waals surface area contributed by atoms with Crippen molar-refractivity contribution in [1.29, 1.82) is 0 Å². The lowest BCUT2D eigenvalue weighted by molar-refractivity contribution is -0.387. The first-order valence-corrected chi connectivity index (χ1v) is 6.94. The average Bonchev–Trinajstić information content (AvgIpc) is 2.27. The fraction of sp³-hybridized carbons (Fsp3) is 0.400. The molecule has 20 heavy (non-hydrogen) atoms. The van der Waals surface area contributed by atoms with Crippen LogP contribution in [0.5, 0.6) is 0 Å². The highest BCUT2D eigenvalue weighted by Crippen LogP contribution is 2.24. The first kappa shape index (κ1) is 16.4. The number of aliphatic hydroxyl groups excluding tert-OH is 1. The molecule has 0 amide bonds. The minimum Gasteiger partial charge on any atom is -0.396 e. The van der Waals surface area contributed by atoms with Crippen molar-refractivity contribution in [2.45, 2.75) is 24.3 Å². The summed E-state index contributed by atoms with van der Waals surface area (Å²) in [7, 11) is -4.39. The van der Waals surface area contributed by atoms with E-state index < -0.39 is 43.2 Å². The lowest BCUT2D eigenvalue weighted by atomic mass is 10.3. The molecular formula is C10H12F2N2O5S. The second-order valence-electron chi connectivity index (χ2n) is 4.03. The smallest absolute Gasteiger partial charge is 0.306 e. The van der Waals surface area contributed by atoms with Crippen molar-refractivity contribution < 1.29 is 27.2 Å². The van der Waals surface area contributed by atoms with Gasteiger partial charge in [-0.25, -0.2) is 17.5 Å². The van der Waals surface area contributed by atoms with Gasteiger partial charge in [-0.2, -0.15) is 4.39 Å². The van der Waals surface area contributed by atoms with Crippen molar-refractivity contribution in [2.75, 3.05) is 6.61 Å². The van der Waals surface area contributed by atoms with Crippen molar-refractivity contribution in [3.63, 3.8) is 0 Å². The maximum atomic E-state index is 13.5. The van der Waals surface area contributed by atoms with E-state index in [4.69, 9.17) is 5.11 Å². The van der Waals surface area contributed by atoms with Gasteiger partial charge in [0.2, 0.25) is 15.8 Å². The number of nitro benzene ring substituents is 1. The molecule has 0 aliphatic rings. The average molecular weight is 310 g/mol. The highest BCUT2D eigenvalue weighted by Gasteiger charge is 2.27. The number of hydrogen-bond donors (Lipinski definition) is 2. The number of rotatable bonds is 6. The van der Waals surface area contributed by atoms with Crippen LogP contribution in [-0.2, 0) is 10.0 Å². The molecule has 0 aliphatic carbocycles. The Bertz CT molecular complexity index is 620. The summed E-state index contributed by atoms with van der Waals surface area (Å²) >= 11 is 0. The Labute approximate surface area is 113 Å². The van der Waals surface area contributed by atoms with Gasteiger partial charge >= 0.3 is 5.69 Å². The molecular weight excluding hydrogens is 298 g/mol. The van der Waals surface area contributed by atoms with Gasteiger partial charge in [-0.1, -0.05) is 0 Å². The lowest BCUT2D eigenvalue weighted by Gasteiger charge is -2.13. The van der Waals surface area contributed by atoms with Gasteiger partial charge in [0.05, 0.1) is 4.92 Å². The SMILES string of the molecule is CC(CCO)NS(=O)(=O)c1cc([N+](=O)[O-])c(F)cc1F. The first-order chi connectivity index (χ1) is 9.19. The molecule has 10 heteroatoms. The van der Waals surface area contributed by atoms with E-state index >= 15 is 0 Å². The van der Waals surface area contributed by atoms with Crippen molar-refractivity contribution in [3.8, 4) is 0 Å². The molecule has 0 saturated heterocycles. The number of aliphatic hydroxyl groups is 1. The van der Waals surface area contributed by atoms with Crippen LogP contribution >= 0.6 is 0 Å². The molecule has 1 atom stereocenters. The van der Waals surface area contributed by atoms with Gasteiger partial charge in [0.15, 0.2) is 0 Å². The number of nitro groups is 1. The molecule has 0 bridgehead atoms. The summed E-state index contributed by atoms with van der Waals surface area (Å²) in [5.41, 5.74) is -1.14. The molecule has 0 spiro atoms. The quantitative estimate of drug-likeness (QED) is 0.600. The van der Waals surface area contributed by atoms with E-state index in [1.165, 1.54) is 6.92 Å². The Hall–Kier alpha value is -1.65. The van der Waals surface area contributed by atoms with Gasteiger partial charge in [-0.15, -0.1) is 0 Å². The molecule has 7 nitrogen and oxygen atoms in total. The molecule has 0 aliphatic heterocycles. The minimum atomic E-state index is -4.39. The Morgan fingerprint density at radius 3 is 2.50 bits per heavy atom. The summed E-state index contributed by atoms with van der Waals surface area (Å²) in [5.74, 6) is -2.90. The third kappa shape index (κ3) is 3.68. The van der Waals surface area contributed by atoms with Crippen molar-refractivity contribution >= 4 is 15.7 Å². The van der Waals surface area contributed by atoms with Gasteiger partial charge in [0, 0.05) is 24.8 Å². The van der Waals surface area contributed by atoms with Gasteiger partial charge in [0.25, 0.3) is 0 Å². The summed E-state index contributed by atoms with van der Waals surface area (Å²) in [6.45, 7) is 1.12. The zero-order valence-corrected chi connectivity index (χ0v) is 11.2. The van der Waals surface area contributed by atoms with Crippen LogP contribution in [-0.4, -0.2) is 31.1 Å². The highest BCUT2D eigenvalue weighted by atomic mass is 32.2. The van der Waals surface area contributed by atoms with Crippen LogP contribution in [0.15, 0.2) is 17.0 Å².